The average molecular weight is 268 g/mol. The number of hydrogen-bond donors (Lipinski definition) is 0. The molecule has 0 aromatic carbocycles. The summed E-state index contributed by atoms with van der Waals surface area (Å²) in [6, 6.07) is 0. The first-order chi connectivity index (χ1) is 8.60. The van der Waals surface area contributed by atoms with Gasteiger partial charge in [0.05, 0.1) is 12.2 Å². The van der Waals surface area contributed by atoms with E-state index < -0.39 is 0 Å². The molecule has 0 N–H and O–H groups in total. The quantitative estimate of drug-likeness (QED) is 0.782. The fourth-order valence-electron chi connectivity index (χ4n) is 3.20. The first-order valence-corrected chi connectivity index (χ1v) is 7.71. The number of hydrogen-bond acceptors (Lipinski definition) is 3. The lowest BCUT2D eigenvalue weighted by Crippen LogP contribution is -2.63. The summed E-state index contributed by atoms with van der Waals surface area (Å²) in [7, 11) is 0. The zero-order chi connectivity index (χ0) is 14.3. The van der Waals surface area contributed by atoms with Crippen molar-refractivity contribution in [3.05, 3.63) is 0 Å². The molecule has 19 heavy (non-hydrogen) atoms. The van der Waals surface area contributed by atoms with E-state index in [9.17, 15) is 0 Å². The van der Waals surface area contributed by atoms with Gasteiger partial charge in [-0.3, -0.25) is 4.90 Å². The molecular weight excluding hydrogens is 236 g/mol. The van der Waals surface area contributed by atoms with Crippen LogP contribution in [0.1, 0.15) is 48.0 Å². The van der Waals surface area contributed by atoms with Crippen LogP contribution in [0.15, 0.2) is 0 Å². The molecule has 0 unspecified atom stereocenters. The van der Waals surface area contributed by atoms with Crippen molar-refractivity contribution in [3.8, 4) is 0 Å². The Balaban J connectivity index is 1.70. The van der Waals surface area contributed by atoms with Gasteiger partial charge < -0.3 is 9.64 Å². The van der Waals surface area contributed by atoms with Crippen molar-refractivity contribution >= 4 is 0 Å². The summed E-state index contributed by atoms with van der Waals surface area (Å²) < 4.78 is 5.83. The zero-order valence-corrected chi connectivity index (χ0v) is 13.8. The van der Waals surface area contributed by atoms with E-state index in [1.54, 1.807) is 0 Å². The highest BCUT2D eigenvalue weighted by atomic mass is 16.5. The predicted molar refractivity (Wildman–Crippen MR) is 80.5 cm³/mol. The molecule has 0 amide bonds. The van der Waals surface area contributed by atoms with Crippen molar-refractivity contribution in [1.29, 1.82) is 0 Å². The molecule has 112 valence electrons. The van der Waals surface area contributed by atoms with Crippen molar-refractivity contribution in [2.24, 2.45) is 5.41 Å². The standard InChI is InChI=1S/C16H32N2O/c1-14(2,3)18-12-16(13-18)7-8-17(11-16)9-10-19-15(4,5)6/h7-13H2,1-6H3. The summed E-state index contributed by atoms with van der Waals surface area (Å²) in [6.45, 7) is 20.4. The van der Waals surface area contributed by atoms with E-state index in [0.717, 1.165) is 13.2 Å². The molecule has 2 saturated heterocycles. The Labute approximate surface area is 119 Å². The summed E-state index contributed by atoms with van der Waals surface area (Å²) in [4.78, 5) is 5.20. The molecule has 0 radical (unpaired) electrons. The molecule has 2 aliphatic rings. The number of ether oxygens (including phenoxy) is 1. The normalized spacial score (nSPS) is 24.9. The molecule has 3 heteroatoms. The first-order valence-electron chi connectivity index (χ1n) is 7.71. The van der Waals surface area contributed by atoms with Crippen LogP contribution in [0.25, 0.3) is 0 Å². The van der Waals surface area contributed by atoms with Crippen LogP contribution in [0, 0.1) is 5.41 Å². The predicted octanol–water partition coefficient (Wildman–Crippen LogP) is 2.61. The van der Waals surface area contributed by atoms with Gasteiger partial charge in [0.2, 0.25) is 0 Å². The molecular formula is C16H32N2O. The molecule has 2 aliphatic heterocycles. The maximum absolute atomic E-state index is 5.83. The van der Waals surface area contributed by atoms with Gasteiger partial charge in [-0.25, -0.2) is 0 Å². The summed E-state index contributed by atoms with van der Waals surface area (Å²) in [6.07, 6.45) is 1.37. The highest BCUT2D eigenvalue weighted by Gasteiger charge is 2.49. The number of nitrogens with zero attached hydrogens (tertiary/aromatic N) is 2. The van der Waals surface area contributed by atoms with Crippen molar-refractivity contribution in [2.75, 3.05) is 39.3 Å². The highest BCUT2D eigenvalue weighted by molar-refractivity contribution is 5.04. The van der Waals surface area contributed by atoms with Crippen molar-refractivity contribution in [1.82, 2.24) is 9.80 Å². The smallest absolute Gasteiger partial charge is 0.0600 e. The lowest BCUT2D eigenvalue weighted by Gasteiger charge is -2.54. The fourth-order valence-corrected chi connectivity index (χ4v) is 3.20. The van der Waals surface area contributed by atoms with Gasteiger partial charge in [0, 0.05) is 37.1 Å². The SMILES string of the molecule is CC(C)(C)OCCN1CCC2(C1)CN(C(C)(C)C)C2. The van der Waals surface area contributed by atoms with Crippen molar-refractivity contribution in [3.63, 3.8) is 0 Å². The Bertz CT molecular complexity index is 308. The topological polar surface area (TPSA) is 15.7 Å². The maximum Gasteiger partial charge on any atom is 0.0600 e. The third kappa shape index (κ3) is 3.93. The third-order valence-corrected chi connectivity index (χ3v) is 4.46. The van der Waals surface area contributed by atoms with E-state index in [2.05, 4.69) is 51.3 Å². The monoisotopic (exact) mass is 268 g/mol. The van der Waals surface area contributed by atoms with Crippen LogP contribution in [0.2, 0.25) is 0 Å². The van der Waals surface area contributed by atoms with Crippen LogP contribution in [-0.2, 0) is 4.74 Å². The third-order valence-electron chi connectivity index (χ3n) is 4.46. The lowest BCUT2D eigenvalue weighted by molar-refractivity contribution is -0.0551. The number of rotatable bonds is 3. The molecule has 2 heterocycles. The highest BCUT2D eigenvalue weighted by Crippen LogP contribution is 2.42. The molecule has 0 bridgehead atoms. The van der Waals surface area contributed by atoms with E-state index in [-0.39, 0.29) is 5.60 Å². The molecule has 0 aromatic rings. The largest absolute Gasteiger partial charge is 0.375 e. The molecule has 2 fully saturated rings. The van der Waals surface area contributed by atoms with E-state index in [1.807, 2.05) is 0 Å². The van der Waals surface area contributed by atoms with Crippen LogP contribution in [0.4, 0.5) is 0 Å². The molecule has 0 aliphatic carbocycles. The minimum atomic E-state index is -0.00306. The van der Waals surface area contributed by atoms with Gasteiger partial charge in [-0.1, -0.05) is 0 Å². The fraction of sp³-hybridized carbons (Fsp3) is 1.00. The van der Waals surface area contributed by atoms with Crippen LogP contribution in [0.5, 0.6) is 0 Å². The Morgan fingerprint density at radius 1 is 1.00 bits per heavy atom. The minimum Gasteiger partial charge on any atom is -0.375 e. The van der Waals surface area contributed by atoms with Gasteiger partial charge in [0.25, 0.3) is 0 Å². The van der Waals surface area contributed by atoms with Crippen molar-refractivity contribution < 1.29 is 4.74 Å². The molecule has 1 spiro atoms. The van der Waals surface area contributed by atoms with Crippen LogP contribution in [0.3, 0.4) is 0 Å². The second-order valence-corrected chi connectivity index (χ2v) is 8.51. The van der Waals surface area contributed by atoms with Gasteiger partial charge in [-0.2, -0.15) is 0 Å². The molecule has 2 rings (SSSR count). The zero-order valence-electron chi connectivity index (χ0n) is 13.8. The minimum absolute atomic E-state index is 0.00306. The van der Waals surface area contributed by atoms with E-state index >= 15 is 0 Å². The van der Waals surface area contributed by atoms with E-state index in [1.165, 1.54) is 32.6 Å². The van der Waals surface area contributed by atoms with Gasteiger partial charge in [0.1, 0.15) is 0 Å². The van der Waals surface area contributed by atoms with E-state index in [4.69, 9.17) is 4.74 Å². The van der Waals surface area contributed by atoms with Crippen LogP contribution in [-0.4, -0.2) is 60.3 Å². The Morgan fingerprint density at radius 3 is 2.16 bits per heavy atom. The van der Waals surface area contributed by atoms with Gasteiger partial charge >= 0.3 is 0 Å². The van der Waals surface area contributed by atoms with Crippen LogP contribution < -0.4 is 0 Å². The molecule has 3 nitrogen and oxygen atoms in total. The Morgan fingerprint density at radius 2 is 1.63 bits per heavy atom. The first kappa shape index (κ1) is 15.3. The summed E-state index contributed by atoms with van der Waals surface area (Å²) in [5.74, 6) is 0. The molecule has 0 atom stereocenters. The molecule has 0 aromatic heterocycles. The second kappa shape index (κ2) is 5.01. The average Bonchev–Trinajstić information content (AvgIpc) is 2.56. The van der Waals surface area contributed by atoms with Gasteiger partial charge in [-0.15, -0.1) is 0 Å². The molecule has 0 saturated carbocycles. The number of likely N-dealkylation sites (tertiary alicyclic amines) is 2. The maximum atomic E-state index is 5.83. The second-order valence-electron chi connectivity index (χ2n) is 8.51. The Kier molecular flexibility index (Phi) is 4.03. The Hall–Kier alpha value is -0.120. The van der Waals surface area contributed by atoms with Crippen molar-refractivity contribution in [2.45, 2.75) is 59.1 Å². The lowest BCUT2D eigenvalue weighted by atomic mass is 9.76. The van der Waals surface area contributed by atoms with Gasteiger partial charge in [-0.05, 0) is 54.5 Å². The summed E-state index contributed by atoms with van der Waals surface area (Å²) in [5, 5.41) is 0. The van der Waals surface area contributed by atoms with Crippen LogP contribution >= 0.6 is 0 Å². The van der Waals surface area contributed by atoms with E-state index in [0.29, 0.717) is 11.0 Å². The van der Waals surface area contributed by atoms with Gasteiger partial charge in [0.15, 0.2) is 0 Å². The summed E-state index contributed by atoms with van der Waals surface area (Å²) in [5.41, 5.74) is 0.930. The summed E-state index contributed by atoms with van der Waals surface area (Å²) >= 11 is 0.